The predicted molar refractivity (Wildman–Crippen MR) is 118 cm³/mol. The number of aromatic nitrogens is 2. The molecule has 0 unspecified atom stereocenters. The second kappa shape index (κ2) is 7.43. The molecule has 2 aromatic heterocycles. The molecule has 1 amide bonds. The first kappa shape index (κ1) is 19.1. The van der Waals surface area contributed by atoms with Crippen LogP contribution in [0.25, 0.3) is 16.9 Å². The van der Waals surface area contributed by atoms with Gasteiger partial charge in [0.25, 0.3) is 5.91 Å². The van der Waals surface area contributed by atoms with Crippen LogP contribution in [0, 0.1) is 0 Å². The van der Waals surface area contributed by atoms with E-state index in [1.807, 2.05) is 11.0 Å². The number of rotatable bonds is 2. The molecule has 0 N–H and O–H groups in total. The van der Waals surface area contributed by atoms with Crippen molar-refractivity contribution < 1.29 is 4.79 Å². The Kier molecular flexibility index (Phi) is 4.90. The molecule has 0 saturated carbocycles. The van der Waals surface area contributed by atoms with E-state index in [2.05, 4.69) is 23.4 Å². The second-order valence-electron chi connectivity index (χ2n) is 7.51. The smallest absolute Gasteiger partial charge is 0.274 e. The maximum Gasteiger partial charge on any atom is 0.274 e. The van der Waals surface area contributed by atoms with Crippen LogP contribution >= 0.6 is 34.5 Å². The van der Waals surface area contributed by atoms with Gasteiger partial charge in [-0.1, -0.05) is 29.3 Å². The number of fused-ring (bicyclic) bond motifs is 3. The van der Waals surface area contributed by atoms with E-state index in [1.54, 1.807) is 28.2 Å². The molecule has 1 saturated heterocycles. The van der Waals surface area contributed by atoms with Gasteiger partial charge in [0.15, 0.2) is 5.69 Å². The first-order chi connectivity index (χ1) is 14.0. The van der Waals surface area contributed by atoms with Gasteiger partial charge in [0.2, 0.25) is 0 Å². The minimum absolute atomic E-state index is 0.00467. The zero-order valence-electron chi connectivity index (χ0n) is 16.0. The molecule has 0 bridgehead atoms. The molecule has 2 aliphatic rings. The van der Waals surface area contributed by atoms with Crippen molar-refractivity contribution in [2.24, 2.45) is 0 Å². The van der Waals surface area contributed by atoms with Crippen LogP contribution in [0.4, 0.5) is 0 Å². The summed E-state index contributed by atoms with van der Waals surface area (Å²) in [5, 5.41) is 7.93. The molecule has 5 nitrogen and oxygen atoms in total. The SMILES string of the molecule is CN1CCN(C(=O)c2nn(-c3c(Cl)cccc3Cl)c3c2CCc2sccc2-3)CC1. The van der Waals surface area contributed by atoms with E-state index in [0.717, 1.165) is 42.8 Å². The quantitative estimate of drug-likeness (QED) is 0.585. The van der Waals surface area contributed by atoms with Crippen molar-refractivity contribution in [1.29, 1.82) is 0 Å². The van der Waals surface area contributed by atoms with Crippen LogP contribution in [0.2, 0.25) is 10.0 Å². The summed E-state index contributed by atoms with van der Waals surface area (Å²) in [6, 6.07) is 7.52. The Bertz CT molecular complexity index is 1080. The van der Waals surface area contributed by atoms with Gasteiger partial charge in [-0.05, 0) is 43.5 Å². The van der Waals surface area contributed by atoms with Gasteiger partial charge >= 0.3 is 0 Å². The third-order valence-corrected chi connectivity index (χ3v) is 7.32. The molecule has 1 aromatic carbocycles. The van der Waals surface area contributed by atoms with E-state index in [9.17, 15) is 4.79 Å². The molecule has 1 fully saturated rings. The number of carbonyl (C=O) groups excluding carboxylic acids is 1. The van der Waals surface area contributed by atoms with Crippen molar-refractivity contribution in [3.8, 4) is 16.9 Å². The van der Waals surface area contributed by atoms with Crippen molar-refractivity contribution in [3.63, 3.8) is 0 Å². The Morgan fingerprint density at radius 3 is 2.52 bits per heavy atom. The standard InChI is InChI=1S/C21H20Cl2N4OS/c1-25-8-10-26(11-9-25)21(28)18-14-5-6-17-13(7-12-29-17)19(14)27(24-18)20-15(22)3-2-4-16(20)23/h2-4,7,12H,5-6,8-11H2,1H3. The topological polar surface area (TPSA) is 41.4 Å². The van der Waals surface area contributed by atoms with Crippen LogP contribution in [-0.4, -0.2) is 58.7 Å². The van der Waals surface area contributed by atoms with Gasteiger partial charge in [-0.15, -0.1) is 11.3 Å². The number of thiophene rings is 1. The minimum atomic E-state index is -0.00467. The highest BCUT2D eigenvalue weighted by atomic mass is 35.5. The summed E-state index contributed by atoms with van der Waals surface area (Å²) >= 11 is 14.8. The highest BCUT2D eigenvalue weighted by molar-refractivity contribution is 7.10. The zero-order chi connectivity index (χ0) is 20.1. The average molecular weight is 447 g/mol. The summed E-state index contributed by atoms with van der Waals surface area (Å²) in [7, 11) is 2.08. The second-order valence-corrected chi connectivity index (χ2v) is 9.33. The third kappa shape index (κ3) is 3.19. The summed E-state index contributed by atoms with van der Waals surface area (Å²) < 4.78 is 1.79. The molecule has 150 valence electrons. The number of aryl methyl sites for hydroxylation is 1. The Morgan fingerprint density at radius 1 is 1.07 bits per heavy atom. The number of hydrogen-bond acceptors (Lipinski definition) is 4. The number of amides is 1. The van der Waals surface area contributed by atoms with Gasteiger partial charge < -0.3 is 9.80 Å². The normalized spacial score (nSPS) is 16.6. The summed E-state index contributed by atoms with van der Waals surface area (Å²) in [5.41, 5.74) is 4.22. The lowest BCUT2D eigenvalue weighted by Gasteiger charge is -2.32. The first-order valence-corrected chi connectivity index (χ1v) is 11.3. The van der Waals surface area contributed by atoms with Crippen molar-refractivity contribution in [1.82, 2.24) is 19.6 Å². The van der Waals surface area contributed by atoms with E-state index in [0.29, 0.717) is 34.5 Å². The molecule has 1 aliphatic carbocycles. The molecule has 29 heavy (non-hydrogen) atoms. The van der Waals surface area contributed by atoms with Crippen LogP contribution in [0.15, 0.2) is 29.6 Å². The zero-order valence-corrected chi connectivity index (χ0v) is 18.3. The molecule has 8 heteroatoms. The summed E-state index contributed by atoms with van der Waals surface area (Å²) in [5.74, 6) is -0.00467. The summed E-state index contributed by atoms with van der Waals surface area (Å²) in [6.45, 7) is 3.18. The molecule has 0 spiro atoms. The van der Waals surface area contributed by atoms with E-state index in [4.69, 9.17) is 28.3 Å². The number of piperazine rings is 1. The van der Waals surface area contributed by atoms with Crippen molar-refractivity contribution in [2.45, 2.75) is 12.8 Å². The maximum absolute atomic E-state index is 13.4. The molecule has 1 aliphatic heterocycles. The third-order valence-electron chi connectivity index (χ3n) is 5.73. The van der Waals surface area contributed by atoms with E-state index < -0.39 is 0 Å². The highest BCUT2D eigenvalue weighted by Gasteiger charge is 2.33. The van der Waals surface area contributed by atoms with Crippen molar-refractivity contribution in [3.05, 3.63) is 55.8 Å². The fraction of sp³-hybridized carbons (Fsp3) is 0.333. The maximum atomic E-state index is 13.4. The number of carbonyl (C=O) groups is 1. The monoisotopic (exact) mass is 446 g/mol. The number of benzene rings is 1. The van der Waals surface area contributed by atoms with Crippen LogP contribution in [0.5, 0.6) is 0 Å². The first-order valence-electron chi connectivity index (χ1n) is 9.65. The predicted octanol–water partition coefficient (Wildman–Crippen LogP) is 4.39. The van der Waals surface area contributed by atoms with Crippen LogP contribution in [0.1, 0.15) is 20.9 Å². The fourth-order valence-electron chi connectivity index (χ4n) is 4.13. The number of para-hydroxylation sites is 1. The number of likely N-dealkylation sites (N-methyl/N-ethyl adjacent to an activating group) is 1. The van der Waals surface area contributed by atoms with Gasteiger partial charge in [0.1, 0.15) is 5.69 Å². The van der Waals surface area contributed by atoms with E-state index in [-0.39, 0.29) is 5.91 Å². The Hall–Kier alpha value is -1.86. The highest BCUT2D eigenvalue weighted by Crippen LogP contribution is 2.42. The molecule has 0 atom stereocenters. The summed E-state index contributed by atoms with van der Waals surface area (Å²) in [6.07, 6.45) is 1.71. The molecule has 3 heterocycles. The van der Waals surface area contributed by atoms with Crippen molar-refractivity contribution >= 4 is 40.4 Å². The van der Waals surface area contributed by atoms with Crippen LogP contribution < -0.4 is 0 Å². The number of nitrogens with zero attached hydrogens (tertiary/aromatic N) is 4. The molecular weight excluding hydrogens is 427 g/mol. The largest absolute Gasteiger partial charge is 0.335 e. The average Bonchev–Trinajstić information content (AvgIpc) is 3.32. The lowest BCUT2D eigenvalue weighted by molar-refractivity contribution is 0.0656. The van der Waals surface area contributed by atoms with E-state index >= 15 is 0 Å². The van der Waals surface area contributed by atoms with Gasteiger partial charge in [-0.25, -0.2) is 4.68 Å². The van der Waals surface area contributed by atoms with Gasteiger partial charge in [-0.3, -0.25) is 4.79 Å². The molecule has 5 rings (SSSR count). The Labute approximate surface area is 183 Å². The van der Waals surface area contributed by atoms with Crippen LogP contribution in [0.3, 0.4) is 0 Å². The number of hydrogen-bond donors (Lipinski definition) is 0. The molecular formula is C21H20Cl2N4OS. The van der Waals surface area contributed by atoms with Crippen LogP contribution in [-0.2, 0) is 12.8 Å². The lowest BCUT2D eigenvalue weighted by Crippen LogP contribution is -2.47. The van der Waals surface area contributed by atoms with Gasteiger partial charge in [-0.2, -0.15) is 5.10 Å². The Morgan fingerprint density at radius 2 is 1.79 bits per heavy atom. The van der Waals surface area contributed by atoms with Gasteiger partial charge in [0, 0.05) is 42.2 Å². The summed E-state index contributed by atoms with van der Waals surface area (Å²) in [4.78, 5) is 18.9. The minimum Gasteiger partial charge on any atom is -0.335 e. The number of halogens is 2. The molecule has 3 aromatic rings. The lowest BCUT2D eigenvalue weighted by atomic mass is 9.94. The van der Waals surface area contributed by atoms with Gasteiger partial charge in [0.05, 0.1) is 15.7 Å². The Balaban J connectivity index is 1.68. The molecule has 0 radical (unpaired) electrons. The fourth-order valence-corrected chi connectivity index (χ4v) is 5.57. The van der Waals surface area contributed by atoms with Crippen molar-refractivity contribution in [2.75, 3.05) is 33.2 Å². The van der Waals surface area contributed by atoms with E-state index in [1.165, 1.54) is 4.88 Å².